The monoisotopic (exact) mass is 235 g/mol. The topological polar surface area (TPSA) is 46.2 Å². The zero-order chi connectivity index (χ0) is 12.6. The molecule has 2 aliphatic carbocycles. The average molecular weight is 235 g/mol. The lowest BCUT2D eigenvalue weighted by Crippen LogP contribution is -2.47. The van der Waals surface area contributed by atoms with Gasteiger partial charge >= 0.3 is 0 Å². The summed E-state index contributed by atoms with van der Waals surface area (Å²) in [4.78, 5) is 23.3. The molecule has 3 heteroatoms. The number of allylic oxidation sites excluding steroid dienone is 2. The minimum Gasteiger partial charge on any atom is -0.351 e. The van der Waals surface area contributed by atoms with Gasteiger partial charge in [-0.3, -0.25) is 9.59 Å². The zero-order valence-electron chi connectivity index (χ0n) is 10.8. The van der Waals surface area contributed by atoms with Gasteiger partial charge < -0.3 is 5.32 Å². The van der Waals surface area contributed by atoms with Crippen LogP contribution in [0.5, 0.6) is 0 Å². The number of carbonyl (C=O) groups is 2. The quantitative estimate of drug-likeness (QED) is 0.758. The van der Waals surface area contributed by atoms with Crippen LogP contribution in [0.4, 0.5) is 0 Å². The maximum Gasteiger partial charge on any atom is 0.224 e. The molecule has 0 aliphatic heterocycles. The molecule has 2 aliphatic rings. The Hall–Kier alpha value is -1.12. The van der Waals surface area contributed by atoms with Gasteiger partial charge in [0.25, 0.3) is 0 Å². The van der Waals surface area contributed by atoms with Crippen LogP contribution in [-0.2, 0) is 9.59 Å². The van der Waals surface area contributed by atoms with Crippen molar-refractivity contribution in [2.75, 3.05) is 0 Å². The molecule has 0 heterocycles. The third-order valence-electron chi connectivity index (χ3n) is 3.77. The number of nitrogens with one attached hydrogen (secondary N) is 1. The van der Waals surface area contributed by atoms with Crippen LogP contribution in [0.1, 0.15) is 40.0 Å². The molecule has 1 N–H and O–H groups in total. The highest BCUT2D eigenvalue weighted by Crippen LogP contribution is 2.43. The first kappa shape index (κ1) is 12.3. The molecule has 3 nitrogen and oxygen atoms in total. The Labute approximate surface area is 103 Å². The van der Waals surface area contributed by atoms with E-state index in [0.29, 0.717) is 18.3 Å². The van der Waals surface area contributed by atoms with Crippen LogP contribution >= 0.6 is 0 Å². The standard InChI is InChI=1S/C14H21NO2/c1-9(16)8-14(2,3)15-13(17)12-7-10-4-5-11(12)6-10/h4-5,10-12H,6-8H2,1-3H3,(H,15,17). The summed E-state index contributed by atoms with van der Waals surface area (Å²) < 4.78 is 0. The van der Waals surface area contributed by atoms with Crippen molar-refractivity contribution in [3.8, 4) is 0 Å². The Balaban J connectivity index is 1.93. The molecule has 2 bridgehead atoms. The molecular weight excluding hydrogens is 214 g/mol. The van der Waals surface area contributed by atoms with Crippen molar-refractivity contribution in [3.05, 3.63) is 12.2 Å². The summed E-state index contributed by atoms with van der Waals surface area (Å²) >= 11 is 0. The summed E-state index contributed by atoms with van der Waals surface area (Å²) in [5.74, 6) is 1.38. The first-order valence-corrected chi connectivity index (χ1v) is 6.37. The molecule has 17 heavy (non-hydrogen) atoms. The maximum absolute atomic E-state index is 12.2. The number of amides is 1. The van der Waals surface area contributed by atoms with E-state index < -0.39 is 5.54 Å². The van der Waals surface area contributed by atoms with Crippen LogP contribution < -0.4 is 5.32 Å². The van der Waals surface area contributed by atoms with Gasteiger partial charge in [-0.15, -0.1) is 0 Å². The normalized spacial score (nSPS) is 30.6. The van der Waals surface area contributed by atoms with Crippen molar-refractivity contribution in [3.63, 3.8) is 0 Å². The van der Waals surface area contributed by atoms with Gasteiger partial charge in [0.05, 0.1) is 0 Å². The molecule has 0 spiro atoms. The minimum atomic E-state index is -0.422. The lowest BCUT2D eigenvalue weighted by Gasteiger charge is -2.28. The molecule has 2 rings (SSSR count). The fraction of sp³-hybridized carbons (Fsp3) is 0.714. The molecule has 1 amide bonds. The highest BCUT2D eigenvalue weighted by atomic mass is 16.2. The van der Waals surface area contributed by atoms with Crippen LogP contribution in [0.25, 0.3) is 0 Å². The first-order chi connectivity index (χ1) is 7.87. The summed E-state index contributed by atoms with van der Waals surface area (Å²) in [6, 6.07) is 0. The van der Waals surface area contributed by atoms with E-state index in [0.717, 1.165) is 12.8 Å². The Kier molecular flexibility index (Phi) is 3.11. The van der Waals surface area contributed by atoms with Crippen LogP contribution in [0.15, 0.2) is 12.2 Å². The van der Waals surface area contributed by atoms with E-state index in [2.05, 4.69) is 17.5 Å². The molecule has 1 saturated carbocycles. The van der Waals surface area contributed by atoms with Crippen LogP contribution in [0, 0.1) is 17.8 Å². The van der Waals surface area contributed by atoms with Crippen LogP contribution in [0.3, 0.4) is 0 Å². The van der Waals surface area contributed by atoms with E-state index in [1.54, 1.807) is 6.92 Å². The van der Waals surface area contributed by atoms with E-state index in [1.807, 2.05) is 13.8 Å². The van der Waals surface area contributed by atoms with E-state index in [9.17, 15) is 9.59 Å². The van der Waals surface area contributed by atoms with E-state index in [-0.39, 0.29) is 17.6 Å². The molecule has 0 radical (unpaired) electrons. The van der Waals surface area contributed by atoms with Gasteiger partial charge in [0.1, 0.15) is 5.78 Å². The summed E-state index contributed by atoms with van der Waals surface area (Å²) in [6.07, 6.45) is 6.91. The van der Waals surface area contributed by atoms with Gasteiger partial charge in [-0.05, 0) is 45.4 Å². The van der Waals surface area contributed by atoms with Crippen LogP contribution in [-0.4, -0.2) is 17.2 Å². The Morgan fingerprint density at radius 2 is 2.00 bits per heavy atom. The van der Waals surface area contributed by atoms with Crippen molar-refractivity contribution in [1.29, 1.82) is 0 Å². The summed E-state index contributed by atoms with van der Waals surface area (Å²) in [5, 5.41) is 3.02. The maximum atomic E-state index is 12.2. The van der Waals surface area contributed by atoms with Gasteiger partial charge in [0, 0.05) is 17.9 Å². The number of hydrogen-bond acceptors (Lipinski definition) is 2. The molecule has 94 valence electrons. The third-order valence-corrected chi connectivity index (χ3v) is 3.77. The van der Waals surface area contributed by atoms with E-state index in [4.69, 9.17) is 0 Å². The van der Waals surface area contributed by atoms with Crippen molar-refractivity contribution in [1.82, 2.24) is 5.32 Å². The largest absolute Gasteiger partial charge is 0.351 e. The summed E-state index contributed by atoms with van der Waals surface area (Å²) in [7, 11) is 0. The van der Waals surface area contributed by atoms with Gasteiger partial charge in [-0.1, -0.05) is 12.2 Å². The fourth-order valence-corrected chi connectivity index (χ4v) is 3.17. The SMILES string of the molecule is CC(=O)CC(C)(C)NC(=O)C1CC2C=CC1C2. The van der Waals surface area contributed by atoms with Crippen molar-refractivity contribution in [2.45, 2.75) is 45.6 Å². The Morgan fingerprint density at radius 3 is 2.47 bits per heavy atom. The lowest BCUT2D eigenvalue weighted by atomic mass is 9.90. The van der Waals surface area contributed by atoms with Gasteiger partial charge in [-0.2, -0.15) is 0 Å². The number of Topliss-reactive ketones (excluding diaryl/α,β-unsaturated/α-hetero) is 1. The highest BCUT2D eigenvalue weighted by molar-refractivity contribution is 5.82. The molecule has 0 saturated heterocycles. The predicted molar refractivity (Wildman–Crippen MR) is 66.4 cm³/mol. The van der Waals surface area contributed by atoms with Crippen molar-refractivity contribution < 1.29 is 9.59 Å². The first-order valence-electron chi connectivity index (χ1n) is 6.37. The van der Waals surface area contributed by atoms with Gasteiger partial charge in [-0.25, -0.2) is 0 Å². The second-order valence-electron chi connectivity index (χ2n) is 6.14. The van der Waals surface area contributed by atoms with Crippen LogP contribution in [0.2, 0.25) is 0 Å². The zero-order valence-corrected chi connectivity index (χ0v) is 10.8. The molecule has 3 atom stereocenters. The molecule has 1 fully saturated rings. The molecule has 0 aromatic rings. The number of rotatable bonds is 4. The summed E-state index contributed by atoms with van der Waals surface area (Å²) in [5.41, 5.74) is -0.422. The molecule has 3 unspecified atom stereocenters. The fourth-order valence-electron chi connectivity index (χ4n) is 3.17. The molecule has 0 aromatic carbocycles. The summed E-state index contributed by atoms with van der Waals surface area (Å²) in [6.45, 7) is 5.39. The number of hydrogen-bond donors (Lipinski definition) is 1. The van der Waals surface area contributed by atoms with Gasteiger partial charge in [0.15, 0.2) is 0 Å². The molecular formula is C14H21NO2. The average Bonchev–Trinajstić information content (AvgIpc) is 2.74. The Bertz CT molecular complexity index is 370. The predicted octanol–water partition coefficient (Wildman–Crippen LogP) is 2.07. The van der Waals surface area contributed by atoms with E-state index in [1.165, 1.54) is 0 Å². The second kappa shape index (κ2) is 4.28. The van der Waals surface area contributed by atoms with Gasteiger partial charge in [0.2, 0.25) is 5.91 Å². The minimum absolute atomic E-state index is 0.114. The lowest BCUT2D eigenvalue weighted by molar-refractivity contribution is -0.128. The highest BCUT2D eigenvalue weighted by Gasteiger charge is 2.40. The smallest absolute Gasteiger partial charge is 0.224 e. The van der Waals surface area contributed by atoms with E-state index >= 15 is 0 Å². The third kappa shape index (κ3) is 2.76. The van der Waals surface area contributed by atoms with Crippen molar-refractivity contribution in [2.24, 2.45) is 17.8 Å². The Morgan fingerprint density at radius 1 is 1.29 bits per heavy atom. The number of fused-ring (bicyclic) bond motifs is 2. The number of ketones is 1. The molecule has 0 aromatic heterocycles. The second-order valence-corrected chi connectivity index (χ2v) is 6.14. The number of carbonyl (C=O) groups excluding carboxylic acids is 2. The van der Waals surface area contributed by atoms with Crippen molar-refractivity contribution >= 4 is 11.7 Å².